The van der Waals surface area contributed by atoms with Crippen molar-refractivity contribution in [1.29, 1.82) is 0 Å². The Hall–Kier alpha value is -2.55. The Kier molecular flexibility index (Phi) is 4.36. The first-order valence-electron chi connectivity index (χ1n) is 5.70. The van der Waals surface area contributed by atoms with Crippen LogP contribution < -0.4 is 15.8 Å². The fourth-order valence-corrected chi connectivity index (χ4v) is 1.69. The van der Waals surface area contributed by atoms with Crippen LogP contribution in [0.1, 0.15) is 5.56 Å². The van der Waals surface area contributed by atoms with Crippen molar-refractivity contribution in [2.24, 2.45) is 5.73 Å². The topological polar surface area (TPSA) is 90.1 Å². The number of rotatable bonds is 3. The number of carbonyl (C=O) groups excluding carboxylic acids is 1. The van der Waals surface area contributed by atoms with Crippen LogP contribution in [0.15, 0.2) is 30.5 Å². The molecule has 1 heterocycles. The summed E-state index contributed by atoms with van der Waals surface area (Å²) in [5.74, 6) is -0.463. The largest absolute Gasteiger partial charge is 0.421 e. The minimum Gasteiger partial charge on any atom is -0.410 e. The maximum atomic E-state index is 12.9. The van der Waals surface area contributed by atoms with Gasteiger partial charge in [0, 0.05) is 18.0 Å². The molecule has 3 N–H and O–H groups in total. The smallest absolute Gasteiger partial charge is 0.410 e. The van der Waals surface area contributed by atoms with E-state index in [1.807, 2.05) is 0 Å². The first-order valence-corrected chi connectivity index (χ1v) is 6.07. The van der Waals surface area contributed by atoms with Gasteiger partial charge in [-0.05, 0) is 23.7 Å². The third kappa shape index (κ3) is 3.98. The number of nitrogens with zero attached hydrogens (tertiary/aromatic N) is 2. The summed E-state index contributed by atoms with van der Waals surface area (Å²) in [4.78, 5) is 17.5. The molecule has 0 aliphatic heterocycles. The average Bonchev–Trinajstić information content (AvgIpc) is 2.36. The molecule has 1 aromatic carbocycles. The van der Waals surface area contributed by atoms with E-state index >= 15 is 0 Å². The number of nitrogens with one attached hydrogen (secondary N) is 1. The zero-order valence-electron chi connectivity index (χ0n) is 10.7. The Morgan fingerprint density at radius 3 is 2.73 bits per heavy atom. The molecule has 0 aliphatic carbocycles. The molecule has 10 heteroatoms. The highest BCUT2D eigenvalue weighted by molar-refractivity contribution is 6.28. The zero-order chi connectivity index (χ0) is 16.3. The molecule has 0 bridgehead atoms. The fraction of sp³-hybridized carbons (Fsp3) is 0.0833. The number of hydrogen-bond acceptors (Lipinski definition) is 5. The van der Waals surface area contributed by atoms with E-state index in [1.165, 1.54) is 24.3 Å². The van der Waals surface area contributed by atoms with Gasteiger partial charge in [-0.2, -0.15) is 18.2 Å². The van der Waals surface area contributed by atoms with Crippen LogP contribution >= 0.6 is 11.6 Å². The van der Waals surface area contributed by atoms with Gasteiger partial charge >= 0.3 is 12.3 Å². The molecule has 2 aromatic rings. The molecule has 1 aromatic heterocycles. The van der Waals surface area contributed by atoms with Crippen molar-refractivity contribution < 1.29 is 22.7 Å². The average molecular weight is 333 g/mol. The van der Waals surface area contributed by atoms with Crippen LogP contribution in [0.3, 0.4) is 0 Å². The number of aromatic nitrogens is 2. The van der Waals surface area contributed by atoms with Gasteiger partial charge in [0.2, 0.25) is 5.28 Å². The second kappa shape index (κ2) is 6.06. The molecule has 0 saturated heterocycles. The number of ether oxygens (including phenoxy) is 1. The van der Waals surface area contributed by atoms with Gasteiger partial charge < -0.3 is 15.8 Å². The molecule has 0 unspecified atom stereocenters. The van der Waals surface area contributed by atoms with Crippen molar-refractivity contribution in [3.05, 3.63) is 41.3 Å². The number of halogens is 4. The van der Waals surface area contributed by atoms with E-state index in [2.05, 4.69) is 20.0 Å². The predicted octanol–water partition coefficient (Wildman–Crippen LogP) is 3.35. The van der Waals surface area contributed by atoms with Crippen LogP contribution in [0.4, 0.5) is 29.5 Å². The van der Waals surface area contributed by atoms with Crippen molar-refractivity contribution >= 4 is 29.2 Å². The van der Waals surface area contributed by atoms with Crippen molar-refractivity contribution in [2.45, 2.75) is 6.18 Å². The van der Waals surface area contributed by atoms with E-state index in [9.17, 15) is 18.0 Å². The molecule has 0 atom stereocenters. The monoisotopic (exact) mass is 332 g/mol. The number of benzene rings is 1. The van der Waals surface area contributed by atoms with Gasteiger partial charge in [0.25, 0.3) is 0 Å². The summed E-state index contributed by atoms with van der Waals surface area (Å²) in [7, 11) is 0. The lowest BCUT2D eigenvalue weighted by Crippen LogP contribution is -2.16. The third-order valence-electron chi connectivity index (χ3n) is 2.38. The van der Waals surface area contributed by atoms with E-state index in [1.54, 1.807) is 0 Å². The summed E-state index contributed by atoms with van der Waals surface area (Å²) in [5, 5.41) is 2.10. The molecule has 6 nitrogen and oxygen atoms in total. The third-order valence-corrected chi connectivity index (χ3v) is 2.56. The van der Waals surface area contributed by atoms with Crippen LogP contribution in [0.5, 0.6) is 5.75 Å². The summed E-state index contributed by atoms with van der Waals surface area (Å²) in [6.45, 7) is 0. The van der Waals surface area contributed by atoms with E-state index in [0.29, 0.717) is 6.20 Å². The van der Waals surface area contributed by atoms with E-state index in [4.69, 9.17) is 17.3 Å². The molecule has 0 radical (unpaired) electrons. The predicted molar refractivity (Wildman–Crippen MR) is 72.0 cm³/mol. The SMILES string of the molecule is NC(=O)Oc1cccc(Nc2nc(Cl)ncc2C(F)(F)F)c1. The quantitative estimate of drug-likeness (QED) is 0.841. The Morgan fingerprint density at radius 2 is 2.09 bits per heavy atom. The minimum atomic E-state index is -4.66. The highest BCUT2D eigenvalue weighted by atomic mass is 35.5. The molecule has 116 valence electrons. The number of primary amides is 1. The van der Waals surface area contributed by atoms with Crippen molar-refractivity contribution in [1.82, 2.24) is 9.97 Å². The molecule has 2 rings (SSSR count). The number of anilines is 2. The van der Waals surface area contributed by atoms with Gasteiger partial charge in [-0.15, -0.1) is 0 Å². The number of alkyl halides is 3. The summed E-state index contributed by atoms with van der Waals surface area (Å²) in [5.41, 5.74) is 3.97. The summed E-state index contributed by atoms with van der Waals surface area (Å²) < 4.78 is 43.3. The Morgan fingerprint density at radius 1 is 1.36 bits per heavy atom. The van der Waals surface area contributed by atoms with Crippen molar-refractivity contribution in [3.63, 3.8) is 0 Å². The van der Waals surface area contributed by atoms with Crippen molar-refractivity contribution in [2.75, 3.05) is 5.32 Å². The maximum Gasteiger partial charge on any atom is 0.421 e. The molecule has 0 fully saturated rings. The van der Waals surface area contributed by atoms with E-state index in [-0.39, 0.29) is 16.7 Å². The molecule has 0 spiro atoms. The Bertz CT molecular complexity index is 709. The van der Waals surface area contributed by atoms with Crippen LogP contribution in [0.25, 0.3) is 0 Å². The lowest BCUT2D eigenvalue weighted by Gasteiger charge is -2.13. The van der Waals surface area contributed by atoms with Gasteiger partial charge in [0.1, 0.15) is 17.1 Å². The van der Waals surface area contributed by atoms with Gasteiger partial charge in [0.15, 0.2) is 0 Å². The second-order valence-corrected chi connectivity index (χ2v) is 4.31. The molecule has 22 heavy (non-hydrogen) atoms. The van der Waals surface area contributed by atoms with Gasteiger partial charge in [-0.3, -0.25) is 0 Å². The lowest BCUT2D eigenvalue weighted by molar-refractivity contribution is -0.137. The Balaban J connectivity index is 2.34. The molecule has 0 saturated carbocycles. The van der Waals surface area contributed by atoms with Gasteiger partial charge in [-0.1, -0.05) is 6.07 Å². The van der Waals surface area contributed by atoms with Gasteiger partial charge in [0.05, 0.1) is 0 Å². The van der Waals surface area contributed by atoms with Crippen LogP contribution in [-0.2, 0) is 6.18 Å². The van der Waals surface area contributed by atoms with Crippen LogP contribution in [0, 0.1) is 0 Å². The van der Waals surface area contributed by atoms with Crippen LogP contribution in [0.2, 0.25) is 5.28 Å². The standard InChI is InChI=1S/C12H8ClF3N4O2/c13-10-18-5-8(12(14,15)16)9(20-10)19-6-2-1-3-7(4-6)22-11(17)21/h1-5H,(H2,17,21)(H,18,19,20). The molecule has 1 amide bonds. The van der Waals surface area contributed by atoms with E-state index < -0.39 is 23.7 Å². The van der Waals surface area contributed by atoms with E-state index in [0.717, 1.165) is 0 Å². The first kappa shape index (κ1) is 15.8. The number of amides is 1. The normalized spacial score (nSPS) is 11.1. The molecule has 0 aliphatic rings. The highest BCUT2D eigenvalue weighted by Gasteiger charge is 2.35. The highest BCUT2D eigenvalue weighted by Crippen LogP contribution is 2.35. The molecular formula is C12H8ClF3N4O2. The summed E-state index contributed by atoms with van der Waals surface area (Å²) in [6, 6.07) is 5.59. The number of carbonyl (C=O) groups is 1. The summed E-state index contributed by atoms with van der Waals surface area (Å²) >= 11 is 5.52. The molecular weight excluding hydrogens is 325 g/mol. The second-order valence-electron chi connectivity index (χ2n) is 3.97. The maximum absolute atomic E-state index is 12.9. The minimum absolute atomic E-state index is 0.0613. The van der Waals surface area contributed by atoms with Crippen LogP contribution in [-0.4, -0.2) is 16.1 Å². The number of nitrogens with two attached hydrogens (primary N) is 1. The summed E-state index contributed by atoms with van der Waals surface area (Å²) in [6.07, 6.45) is -5.13. The lowest BCUT2D eigenvalue weighted by atomic mass is 10.2. The fourth-order valence-electron chi connectivity index (χ4n) is 1.55. The number of hydrogen-bond donors (Lipinski definition) is 2. The zero-order valence-corrected chi connectivity index (χ0v) is 11.4. The first-order chi connectivity index (χ1) is 10.3. The van der Waals surface area contributed by atoms with Crippen molar-refractivity contribution in [3.8, 4) is 5.75 Å². The Labute approximate surface area is 127 Å². The van der Waals surface area contributed by atoms with Gasteiger partial charge in [-0.25, -0.2) is 9.78 Å².